The molecule has 0 unspecified atom stereocenters. The van der Waals surface area contributed by atoms with Gasteiger partial charge < -0.3 is 10.5 Å². The highest BCUT2D eigenvalue weighted by Gasteiger charge is 2.20. The van der Waals surface area contributed by atoms with E-state index in [4.69, 9.17) is 50.5 Å². The fourth-order valence-electron chi connectivity index (χ4n) is 1.57. The van der Waals surface area contributed by atoms with E-state index in [9.17, 15) is 0 Å². The molecule has 0 bridgehead atoms. The van der Waals surface area contributed by atoms with Gasteiger partial charge in [0.15, 0.2) is 5.56 Å². The molecule has 0 aliphatic rings. The fourth-order valence-corrected chi connectivity index (χ4v) is 2.54. The minimum atomic E-state index is 0.0884. The van der Waals surface area contributed by atoms with Crippen LogP contribution in [0.2, 0.25) is 15.1 Å². The molecule has 5 nitrogen and oxygen atoms in total. The number of aromatic nitrogens is 2. The molecular formula is C11H7Cl3N4O. The monoisotopic (exact) mass is 316 g/mol. The van der Waals surface area contributed by atoms with Gasteiger partial charge in [-0.3, -0.25) is 0 Å². The number of ether oxygens (including phenoxy) is 1. The third-order valence-electron chi connectivity index (χ3n) is 2.39. The van der Waals surface area contributed by atoms with Crippen molar-refractivity contribution in [3.8, 4) is 17.6 Å². The summed E-state index contributed by atoms with van der Waals surface area (Å²) in [5, 5.41) is 14.0. The topological polar surface area (TPSA) is 76.9 Å². The third kappa shape index (κ3) is 2.30. The second kappa shape index (κ2) is 5.17. The van der Waals surface area contributed by atoms with Crippen molar-refractivity contribution in [3.05, 3.63) is 32.8 Å². The largest absolute Gasteiger partial charge is 0.479 e. The minimum Gasteiger partial charge on any atom is -0.479 e. The second-order valence-electron chi connectivity index (χ2n) is 3.51. The van der Waals surface area contributed by atoms with E-state index in [-0.39, 0.29) is 27.3 Å². The van der Waals surface area contributed by atoms with Crippen molar-refractivity contribution < 1.29 is 4.74 Å². The van der Waals surface area contributed by atoms with Gasteiger partial charge in [-0.15, -0.1) is 5.10 Å². The Morgan fingerprint density at radius 3 is 2.32 bits per heavy atom. The van der Waals surface area contributed by atoms with Gasteiger partial charge in [0, 0.05) is 5.02 Å². The van der Waals surface area contributed by atoms with Gasteiger partial charge in [-0.25, -0.2) is 4.68 Å². The summed E-state index contributed by atoms with van der Waals surface area (Å²) in [6, 6.07) is 4.92. The normalized spacial score (nSPS) is 10.3. The summed E-state index contributed by atoms with van der Waals surface area (Å²) >= 11 is 18.0. The molecule has 0 saturated carbocycles. The van der Waals surface area contributed by atoms with Gasteiger partial charge in [0.2, 0.25) is 0 Å². The van der Waals surface area contributed by atoms with Crippen molar-refractivity contribution in [2.75, 3.05) is 12.8 Å². The molecule has 8 heteroatoms. The number of nitriles is 1. The number of hydrogen-bond acceptors (Lipinski definition) is 4. The molecule has 0 fully saturated rings. The summed E-state index contributed by atoms with van der Waals surface area (Å²) in [6.45, 7) is 0. The number of benzene rings is 1. The molecular weight excluding hydrogens is 311 g/mol. The Labute approximate surface area is 124 Å². The molecule has 19 heavy (non-hydrogen) atoms. The number of nitrogens with zero attached hydrogens (tertiary/aromatic N) is 3. The molecule has 1 aromatic carbocycles. The predicted molar refractivity (Wildman–Crippen MR) is 74.3 cm³/mol. The smallest absolute Gasteiger partial charge is 0.253 e. The molecule has 0 atom stereocenters. The van der Waals surface area contributed by atoms with Crippen LogP contribution < -0.4 is 10.5 Å². The zero-order valence-electron chi connectivity index (χ0n) is 9.62. The Morgan fingerprint density at radius 2 is 1.89 bits per heavy atom. The minimum absolute atomic E-state index is 0.0884. The zero-order chi connectivity index (χ0) is 14.2. The first-order chi connectivity index (χ1) is 8.99. The van der Waals surface area contributed by atoms with Crippen LogP contribution in [-0.4, -0.2) is 16.9 Å². The average molecular weight is 318 g/mol. The lowest BCUT2D eigenvalue weighted by Crippen LogP contribution is -2.04. The molecule has 0 saturated heterocycles. The van der Waals surface area contributed by atoms with E-state index < -0.39 is 0 Å². The van der Waals surface area contributed by atoms with Crippen molar-refractivity contribution in [2.24, 2.45) is 0 Å². The predicted octanol–water partition coefficient (Wildman–Crippen LogP) is 3.29. The van der Waals surface area contributed by atoms with Crippen molar-refractivity contribution in [2.45, 2.75) is 0 Å². The summed E-state index contributed by atoms with van der Waals surface area (Å²) in [5.74, 6) is 0.188. The second-order valence-corrected chi connectivity index (χ2v) is 4.76. The Morgan fingerprint density at radius 1 is 1.32 bits per heavy atom. The third-order valence-corrected chi connectivity index (χ3v) is 3.18. The number of anilines is 1. The molecule has 0 spiro atoms. The van der Waals surface area contributed by atoms with Crippen molar-refractivity contribution >= 4 is 40.6 Å². The van der Waals surface area contributed by atoms with E-state index in [0.29, 0.717) is 10.7 Å². The van der Waals surface area contributed by atoms with Crippen LogP contribution in [0.3, 0.4) is 0 Å². The fraction of sp³-hybridized carbons (Fsp3) is 0.0909. The van der Waals surface area contributed by atoms with Gasteiger partial charge in [-0.2, -0.15) is 5.26 Å². The highest BCUT2D eigenvalue weighted by atomic mass is 35.5. The van der Waals surface area contributed by atoms with E-state index in [2.05, 4.69) is 5.10 Å². The Balaban J connectivity index is 2.74. The molecule has 2 N–H and O–H groups in total. The van der Waals surface area contributed by atoms with E-state index >= 15 is 0 Å². The van der Waals surface area contributed by atoms with Gasteiger partial charge in [0.1, 0.15) is 17.6 Å². The zero-order valence-corrected chi connectivity index (χ0v) is 11.9. The van der Waals surface area contributed by atoms with Crippen LogP contribution in [0.15, 0.2) is 12.1 Å². The molecule has 0 amide bonds. The van der Waals surface area contributed by atoms with Gasteiger partial charge in [-0.05, 0) is 12.1 Å². The lowest BCUT2D eigenvalue weighted by atomic mass is 10.3. The van der Waals surface area contributed by atoms with E-state index in [1.807, 2.05) is 6.07 Å². The Bertz CT molecular complexity index is 667. The molecule has 2 rings (SSSR count). The van der Waals surface area contributed by atoms with E-state index in [1.165, 1.54) is 23.9 Å². The van der Waals surface area contributed by atoms with Crippen LogP contribution in [0, 0.1) is 11.3 Å². The van der Waals surface area contributed by atoms with Crippen LogP contribution >= 0.6 is 34.8 Å². The standard InChI is InChI=1S/C11H7Cl3N4O/c1-19-11-6(4-15)10(16)18(17-11)9-7(13)2-5(12)3-8(9)14/h2-3H,16H2,1H3. The van der Waals surface area contributed by atoms with Crippen LogP contribution in [0.25, 0.3) is 5.69 Å². The number of halogens is 3. The average Bonchev–Trinajstić information content (AvgIpc) is 2.65. The lowest BCUT2D eigenvalue weighted by Gasteiger charge is -2.09. The number of hydrogen-bond donors (Lipinski definition) is 1. The van der Waals surface area contributed by atoms with Crippen LogP contribution in [0.1, 0.15) is 5.56 Å². The SMILES string of the molecule is COc1nn(-c2c(Cl)cc(Cl)cc2Cl)c(N)c1C#N. The first-order valence-electron chi connectivity index (χ1n) is 4.97. The molecule has 98 valence electrons. The van der Waals surface area contributed by atoms with Crippen molar-refractivity contribution in [1.82, 2.24) is 9.78 Å². The van der Waals surface area contributed by atoms with E-state index in [0.717, 1.165) is 0 Å². The summed E-state index contributed by atoms with van der Waals surface area (Å²) in [4.78, 5) is 0. The van der Waals surface area contributed by atoms with Crippen LogP contribution in [0.5, 0.6) is 5.88 Å². The van der Waals surface area contributed by atoms with Gasteiger partial charge in [0.25, 0.3) is 5.88 Å². The summed E-state index contributed by atoms with van der Waals surface area (Å²) in [5.41, 5.74) is 6.30. The molecule has 1 heterocycles. The van der Waals surface area contributed by atoms with E-state index in [1.54, 1.807) is 0 Å². The quantitative estimate of drug-likeness (QED) is 0.922. The highest BCUT2D eigenvalue weighted by Crippen LogP contribution is 2.35. The number of methoxy groups -OCH3 is 1. The number of nitrogens with two attached hydrogens (primary N) is 1. The van der Waals surface area contributed by atoms with Crippen LogP contribution in [0.4, 0.5) is 5.82 Å². The Kier molecular flexibility index (Phi) is 3.76. The van der Waals surface area contributed by atoms with Gasteiger partial charge in [0.05, 0.1) is 17.2 Å². The Hall–Kier alpha value is -1.61. The van der Waals surface area contributed by atoms with Gasteiger partial charge >= 0.3 is 0 Å². The number of rotatable bonds is 2. The maximum atomic E-state index is 9.02. The summed E-state index contributed by atoms with van der Waals surface area (Å²) < 4.78 is 6.22. The first kappa shape index (κ1) is 13.8. The van der Waals surface area contributed by atoms with Crippen molar-refractivity contribution in [3.63, 3.8) is 0 Å². The maximum Gasteiger partial charge on any atom is 0.253 e. The first-order valence-corrected chi connectivity index (χ1v) is 6.10. The van der Waals surface area contributed by atoms with Crippen molar-refractivity contribution in [1.29, 1.82) is 5.26 Å². The molecule has 0 aliphatic heterocycles. The summed E-state index contributed by atoms with van der Waals surface area (Å²) in [6.07, 6.45) is 0. The molecule has 1 aromatic heterocycles. The number of nitrogen functional groups attached to an aromatic ring is 1. The summed E-state index contributed by atoms with van der Waals surface area (Å²) in [7, 11) is 1.39. The molecule has 0 radical (unpaired) electrons. The maximum absolute atomic E-state index is 9.02. The van der Waals surface area contributed by atoms with Crippen LogP contribution in [-0.2, 0) is 0 Å². The molecule has 2 aromatic rings. The van der Waals surface area contributed by atoms with Gasteiger partial charge in [-0.1, -0.05) is 34.8 Å². The lowest BCUT2D eigenvalue weighted by molar-refractivity contribution is 0.393. The molecule has 0 aliphatic carbocycles. The highest BCUT2D eigenvalue weighted by molar-refractivity contribution is 6.40.